The molecule has 3 fully saturated rings. The molecule has 4 rings (SSSR count). The predicted molar refractivity (Wildman–Crippen MR) is 104 cm³/mol. The first-order valence-electron chi connectivity index (χ1n) is 10.6. The molecule has 7 atom stereocenters. The second kappa shape index (κ2) is 6.89. The smallest absolute Gasteiger partial charge is 0.393 e. The summed E-state index contributed by atoms with van der Waals surface area (Å²) in [6, 6.07) is 0. The fraction of sp³-hybridized carbons (Fsp3) is 0.857. The molecule has 4 aliphatic rings. The Bertz CT molecular complexity index is 789. The number of carbonyl (C=O) groups excluding carboxylic acids is 1. The molecule has 0 aromatic rings. The number of ketones is 1. The van der Waals surface area contributed by atoms with Crippen molar-refractivity contribution in [2.45, 2.75) is 71.3 Å². The predicted octanol–water partition coefficient (Wildman–Crippen LogP) is 3.31. The van der Waals surface area contributed by atoms with Gasteiger partial charge >= 0.3 is 10.4 Å². The van der Waals surface area contributed by atoms with Crippen LogP contribution >= 0.6 is 0 Å². The number of carbonyl (C=O) groups is 1. The number of fused-ring (bicyclic) bond motifs is 5. The third kappa shape index (κ3) is 3.28. The van der Waals surface area contributed by atoms with Gasteiger partial charge in [-0.3, -0.25) is 9.35 Å². The first-order valence-corrected chi connectivity index (χ1v) is 11.9. The molecule has 3 saturated carbocycles. The number of hydrogen-bond donors (Lipinski definition) is 2. The summed E-state index contributed by atoms with van der Waals surface area (Å²) < 4.78 is 34.9. The molecule has 6 nitrogen and oxygen atoms in total. The van der Waals surface area contributed by atoms with Gasteiger partial charge in [0.2, 0.25) is 0 Å². The van der Waals surface area contributed by atoms with E-state index in [1.54, 1.807) is 0 Å². The molecule has 0 amide bonds. The Balaban J connectivity index is 1.54. The fourth-order valence-electron chi connectivity index (χ4n) is 7.40. The van der Waals surface area contributed by atoms with Gasteiger partial charge in [-0.1, -0.05) is 25.5 Å². The summed E-state index contributed by atoms with van der Waals surface area (Å²) in [5.41, 5.74) is 1.47. The number of allylic oxidation sites excluding steroid dienone is 1. The molecular weight excluding hydrogens is 380 g/mol. The summed E-state index contributed by atoms with van der Waals surface area (Å²) in [5, 5.41) is 10.1. The van der Waals surface area contributed by atoms with E-state index in [9.17, 15) is 18.3 Å². The third-order valence-corrected chi connectivity index (χ3v) is 9.23. The summed E-state index contributed by atoms with van der Waals surface area (Å²) in [6.45, 7) is 4.00. The van der Waals surface area contributed by atoms with E-state index in [1.807, 2.05) is 0 Å². The second-order valence-electron chi connectivity index (χ2n) is 9.99. The molecule has 0 aliphatic heterocycles. The van der Waals surface area contributed by atoms with Gasteiger partial charge in [-0.2, -0.15) is 8.42 Å². The van der Waals surface area contributed by atoms with Crippen molar-refractivity contribution >= 4 is 16.2 Å². The molecule has 0 heterocycles. The van der Waals surface area contributed by atoms with Crippen molar-refractivity contribution in [1.29, 1.82) is 0 Å². The van der Waals surface area contributed by atoms with E-state index < -0.39 is 17.0 Å². The van der Waals surface area contributed by atoms with Crippen LogP contribution in [-0.4, -0.2) is 36.6 Å². The Morgan fingerprint density at radius 1 is 1.18 bits per heavy atom. The minimum Gasteiger partial charge on any atom is -0.393 e. The van der Waals surface area contributed by atoms with Gasteiger partial charge in [0, 0.05) is 5.92 Å². The molecule has 6 unspecified atom stereocenters. The number of Topliss-reactive ketones (excluding diaryl/α,β-unsaturated/α-hetero) is 1. The van der Waals surface area contributed by atoms with E-state index in [4.69, 9.17) is 4.55 Å². The molecule has 0 saturated heterocycles. The molecule has 158 valence electrons. The standard InChI is InChI=1S/C21H32O6S/c1-20-9-7-14(22)11-13(20)3-4-15-16-5-6-18(19(23)12-27-28(24,25)26)21(16,2)10-8-17(15)20/h3,14-18,22H,4-12H2,1-2H3,(H,24,25,26)/t14-,15?,16?,17?,18?,20?,21?/m0/s1. The minimum absolute atomic E-state index is 0.128. The Morgan fingerprint density at radius 2 is 1.93 bits per heavy atom. The van der Waals surface area contributed by atoms with Crippen molar-refractivity contribution in [1.82, 2.24) is 0 Å². The molecule has 0 bridgehead atoms. The van der Waals surface area contributed by atoms with Crippen LogP contribution in [0.2, 0.25) is 0 Å². The van der Waals surface area contributed by atoms with Crippen LogP contribution in [0.15, 0.2) is 11.6 Å². The van der Waals surface area contributed by atoms with E-state index in [0.29, 0.717) is 17.8 Å². The lowest BCUT2D eigenvalue weighted by atomic mass is 9.47. The molecule has 2 N–H and O–H groups in total. The zero-order valence-electron chi connectivity index (χ0n) is 16.8. The zero-order valence-corrected chi connectivity index (χ0v) is 17.6. The van der Waals surface area contributed by atoms with Gasteiger partial charge in [0.15, 0.2) is 5.78 Å². The molecule has 0 radical (unpaired) electrons. The lowest BCUT2D eigenvalue weighted by Gasteiger charge is -2.57. The molecule has 0 aromatic carbocycles. The lowest BCUT2D eigenvalue weighted by molar-refractivity contribution is -0.131. The highest BCUT2D eigenvalue weighted by molar-refractivity contribution is 7.80. The quantitative estimate of drug-likeness (QED) is 0.543. The van der Waals surface area contributed by atoms with Gasteiger partial charge in [-0.25, -0.2) is 4.18 Å². The van der Waals surface area contributed by atoms with Gasteiger partial charge in [0.25, 0.3) is 0 Å². The van der Waals surface area contributed by atoms with Crippen LogP contribution in [0.5, 0.6) is 0 Å². The van der Waals surface area contributed by atoms with Crippen LogP contribution in [0.4, 0.5) is 0 Å². The van der Waals surface area contributed by atoms with Crippen LogP contribution in [0.25, 0.3) is 0 Å². The molecule has 0 spiro atoms. The van der Waals surface area contributed by atoms with Crippen molar-refractivity contribution in [3.05, 3.63) is 11.6 Å². The topological polar surface area (TPSA) is 101 Å². The van der Waals surface area contributed by atoms with E-state index in [0.717, 1.165) is 51.4 Å². The maximum absolute atomic E-state index is 12.7. The molecule has 4 aliphatic carbocycles. The van der Waals surface area contributed by atoms with Gasteiger partial charge in [0.1, 0.15) is 6.61 Å². The first kappa shape index (κ1) is 20.5. The normalized spacial score (nSPS) is 45.6. The third-order valence-electron chi connectivity index (χ3n) is 8.82. The molecule has 7 heteroatoms. The van der Waals surface area contributed by atoms with Gasteiger partial charge in [-0.15, -0.1) is 0 Å². The van der Waals surface area contributed by atoms with Crippen LogP contribution < -0.4 is 0 Å². The average Bonchev–Trinajstić information content (AvgIpc) is 2.97. The summed E-state index contributed by atoms with van der Waals surface area (Å²) in [5.74, 6) is 1.18. The highest BCUT2D eigenvalue weighted by atomic mass is 32.3. The first-order chi connectivity index (χ1) is 13.0. The summed E-state index contributed by atoms with van der Waals surface area (Å²) in [7, 11) is -4.59. The van der Waals surface area contributed by atoms with Gasteiger partial charge < -0.3 is 5.11 Å². The number of aliphatic hydroxyl groups is 1. The highest BCUT2D eigenvalue weighted by Crippen LogP contribution is 2.66. The number of aliphatic hydroxyl groups excluding tert-OH is 1. The highest BCUT2D eigenvalue weighted by Gasteiger charge is 2.59. The number of hydrogen-bond acceptors (Lipinski definition) is 5. The Morgan fingerprint density at radius 3 is 2.64 bits per heavy atom. The molecule has 28 heavy (non-hydrogen) atoms. The molecule has 0 aromatic heterocycles. The van der Waals surface area contributed by atoms with Crippen LogP contribution in [0.3, 0.4) is 0 Å². The van der Waals surface area contributed by atoms with E-state index in [1.165, 1.54) is 5.57 Å². The molecular formula is C21H32O6S. The fourth-order valence-corrected chi connectivity index (χ4v) is 7.67. The van der Waals surface area contributed by atoms with Crippen molar-refractivity contribution in [3.8, 4) is 0 Å². The van der Waals surface area contributed by atoms with E-state index in [2.05, 4.69) is 24.1 Å². The summed E-state index contributed by atoms with van der Waals surface area (Å²) in [6.07, 6.45) is 9.68. The summed E-state index contributed by atoms with van der Waals surface area (Å²) in [4.78, 5) is 12.7. The minimum atomic E-state index is -4.59. The Hall–Kier alpha value is -0.760. The largest absolute Gasteiger partial charge is 0.397 e. The average molecular weight is 413 g/mol. The zero-order chi connectivity index (χ0) is 20.3. The monoisotopic (exact) mass is 412 g/mol. The second-order valence-corrected chi connectivity index (χ2v) is 11.1. The Kier molecular flexibility index (Phi) is 5.05. The lowest BCUT2D eigenvalue weighted by Crippen LogP contribution is -2.51. The maximum atomic E-state index is 12.7. The Labute approximate surface area is 167 Å². The van der Waals surface area contributed by atoms with Crippen LogP contribution in [0, 0.1) is 34.5 Å². The van der Waals surface area contributed by atoms with Gasteiger partial charge in [0.05, 0.1) is 6.10 Å². The van der Waals surface area contributed by atoms with Crippen molar-refractivity contribution in [2.24, 2.45) is 34.5 Å². The number of rotatable bonds is 4. The van der Waals surface area contributed by atoms with E-state index >= 15 is 0 Å². The van der Waals surface area contributed by atoms with E-state index in [-0.39, 0.29) is 28.6 Å². The van der Waals surface area contributed by atoms with Crippen molar-refractivity contribution in [2.75, 3.05) is 6.61 Å². The van der Waals surface area contributed by atoms with Crippen molar-refractivity contribution in [3.63, 3.8) is 0 Å². The van der Waals surface area contributed by atoms with Crippen LogP contribution in [0.1, 0.15) is 65.2 Å². The van der Waals surface area contributed by atoms with Gasteiger partial charge in [-0.05, 0) is 80.0 Å². The summed E-state index contributed by atoms with van der Waals surface area (Å²) >= 11 is 0. The SMILES string of the molecule is CC12CC[C@H](O)CC1=CCC1C2CCC2(C)C(C(=O)COS(=O)(=O)O)CCC12. The van der Waals surface area contributed by atoms with Crippen LogP contribution in [-0.2, 0) is 19.4 Å². The maximum Gasteiger partial charge on any atom is 0.397 e. The van der Waals surface area contributed by atoms with Crippen molar-refractivity contribution < 1.29 is 27.1 Å².